The van der Waals surface area contributed by atoms with Crippen LogP contribution in [0.2, 0.25) is 0 Å². The Balaban J connectivity index is 2.04. The van der Waals surface area contributed by atoms with Crippen LogP contribution in [0.1, 0.15) is 5.69 Å². The molecule has 0 saturated heterocycles. The van der Waals surface area contributed by atoms with Gasteiger partial charge >= 0.3 is 0 Å². The smallest absolute Gasteiger partial charge is 0.145 e. The molecule has 1 atom stereocenters. The minimum absolute atomic E-state index is 0.227. The fourth-order valence-corrected chi connectivity index (χ4v) is 2.78. The number of rotatable bonds is 2. The maximum Gasteiger partial charge on any atom is 0.145 e. The molecule has 0 bridgehead atoms. The summed E-state index contributed by atoms with van der Waals surface area (Å²) in [7, 11) is 0. The van der Waals surface area contributed by atoms with Gasteiger partial charge in [-0.2, -0.15) is 0 Å². The van der Waals surface area contributed by atoms with E-state index in [-0.39, 0.29) is 11.8 Å². The first-order valence-corrected chi connectivity index (χ1v) is 6.51. The Hall–Kier alpha value is -1.88. The zero-order valence-corrected chi connectivity index (χ0v) is 10.2. The van der Waals surface area contributed by atoms with Gasteiger partial charge in [0.1, 0.15) is 23.1 Å². The summed E-state index contributed by atoms with van der Waals surface area (Å²) in [6.07, 6.45) is 0.860. The molecule has 0 fully saturated rings. The summed E-state index contributed by atoms with van der Waals surface area (Å²) in [6.45, 7) is 0. The molecule has 0 saturated carbocycles. The molecule has 1 aromatic heterocycles. The lowest BCUT2D eigenvalue weighted by Crippen LogP contribution is -2.03. The van der Waals surface area contributed by atoms with Crippen molar-refractivity contribution in [3.05, 3.63) is 36.0 Å². The number of phenolic OH excluding ortho intramolecular Hbond substituents is 1. The van der Waals surface area contributed by atoms with Crippen LogP contribution < -0.4 is 0 Å². The number of nitrogens with zero attached hydrogens (tertiary/aromatic N) is 2. The van der Waals surface area contributed by atoms with Gasteiger partial charge in [-0.05, 0) is 24.3 Å². The number of aliphatic imine (C=N–C) groups is 1. The zero-order valence-electron chi connectivity index (χ0n) is 9.41. The van der Waals surface area contributed by atoms with Crippen LogP contribution in [0, 0.1) is 0 Å². The van der Waals surface area contributed by atoms with E-state index < -0.39 is 0 Å². The van der Waals surface area contributed by atoms with E-state index in [0.29, 0.717) is 5.75 Å². The molecule has 0 radical (unpaired) electrons. The molecule has 1 aliphatic heterocycles. The van der Waals surface area contributed by atoms with Gasteiger partial charge in [0.2, 0.25) is 0 Å². The maximum atomic E-state index is 10.7. The highest BCUT2D eigenvalue weighted by molar-refractivity contribution is 8.14. The standard InChI is InChI=1S/C13H10N2O2S/c16-6-9-7-18-13(14-9)12-3-1-8-5-10(17)2-4-11(8)15-12/h1-6,9,17H,7H2/t9-/m0/s1. The van der Waals surface area contributed by atoms with Gasteiger partial charge in [-0.15, -0.1) is 11.8 Å². The number of carbonyl (C=O) groups excluding carboxylic acids is 1. The van der Waals surface area contributed by atoms with E-state index >= 15 is 0 Å². The topological polar surface area (TPSA) is 62.5 Å². The second-order valence-corrected chi connectivity index (χ2v) is 5.03. The van der Waals surface area contributed by atoms with Gasteiger partial charge < -0.3 is 9.90 Å². The zero-order chi connectivity index (χ0) is 12.5. The number of fused-ring (bicyclic) bond motifs is 1. The van der Waals surface area contributed by atoms with Crippen LogP contribution in [0.15, 0.2) is 35.3 Å². The highest BCUT2D eigenvalue weighted by Gasteiger charge is 2.19. The third-order valence-corrected chi connectivity index (χ3v) is 3.82. The van der Waals surface area contributed by atoms with Crippen molar-refractivity contribution in [1.82, 2.24) is 4.98 Å². The van der Waals surface area contributed by atoms with Crippen LogP contribution in [-0.2, 0) is 4.79 Å². The normalized spacial score (nSPS) is 18.9. The Morgan fingerprint density at radius 1 is 1.33 bits per heavy atom. The second-order valence-electron chi connectivity index (χ2n) is 4.02. The van der Waals surface area contributed by atoms with Crippen molar-refractivity contribution in [1.29, 1.82) is 0 Å². The van der Waals surface area contributed by atoms with E-state index in [1.165, 1.54) is 0 Å². The second kappa shape index (κ2) is 4.42. The van der Waals surface area contributed by atoms with Crippen molar-refractivity contribution in [2.24, 2.45) is 4.99 Å². The number of carbonyl (C=O) groups is 1. The van der Waals surface area contributed by atoms with Crippen LogP contribution >= 0.6 is 11.8 Å². The Bertz CT molecular complexity index is 654. The van der Waals surface area contributed by atoms with Crippen LogP contribution in [0.25, 0.3) is 10.9 Å². The first-order chi connectivity index (χ1) is 8.76. The average molecular weight is 258 g/mol. The fraction of sp³-hybridized carbons (Fsp3) is 0.154. The predicted octanol–water partition coefficient (Wildman–Crippen LogP) is 2.00. The monoisotopic (exact) mass is 258 g/mol. The Morgan fingerprint density at radius 3 is 3.00 bits per heavy atom. The minimum atomic E-state index is -0.248. The summed E-state index contributed by atoms with van der Waals surface area (Å²) in [4.78, 5) is 19.5. The summed E-state index contributed by atoms with van der Waals surface area (Å²) in [6, 6.07) is 8.56. The number of hydrogen-bond acceptors (Lipinski definition) is 5. The number of hydrogen-bond donors (Lipinski definition) is 1. The summed E-state index contributed by atoms with van der Waals surface area (Å²) in [5.41, 5.74) is 1.59. The van der Waals surface area contributed by atoms with E-state index in [0.717, 1.165) is 27.9 Å². The first kappa shape index (κ1) is 11.2. The summed E-state index contributed by atoms with van der Waals surface area (Å²) >= 11 is 1.55. The lowest BCUT2D eigenvalue weighted by molar-refractivity contribution is -0.108. The molecule has 1 aromatic carbocycles. The number of benzene rings is 1. The Kier molecular flexibility index (Phi) is 2.76. The minimum Gasteiger partial charge on any atom is -0.508 e. The number of aromatic nitrogens is 1. The van der Waals surface area contributed by atoms with Crippen LogP contribution in [0.3, 0.4) is 0 Å². The number of thioether (sulfide) groups is 1. The molecule has 0 amide bonds. The van der Waals surface area contributed by atoms with Gasteiger partial charge in [-0.3, -0.25) is 4.99 Å². The largest absolute Gasteiger partial charge is 0.508 e. The van der Waals surface area contributed by atoms with Gasteiger partial charge in [-0.25, -0.2) is 4.98 Å². The van der Waals surface area contributed by atoms with Gasteiger partial charge in [0.05, 0.1) is 11.2 Å². The van der Waals surface area contributed by atoms with Gasteiger partial charge in [0.25, 0.3) is 0 Å². The van der Waals surface area contributed by atoms with E-state index in [1.54, 1.807) is 30.0 Å². The van der Waals surface area contributed by atoms with Crippen molar-refractivity contribution < 1.29 is 9.90 Å². The van der Waals surface area contributed by atoms with Gasteiger partial charge in [0.15, 0.2) is 0 Å². The van der Waals surface area contributed by atoms with Crippen molar-refractivity contribution in [2.75, 3.05) is 5.75 Å². The average Bonchev–Trinajstić information content (AvgIpc) is 2.87. The molecule has 2 aromatic rings. The molecule has 2 heterocycles. The Labute approximate surface area is 108 Å². The van der Waals surface area contributed by atoms with E-state index in [2.05, 4.69) is 9.98 Å². The molecule has 0 aliphatic carbocycles. The maximum absolute atomic E-state index is 10.7. The Morgan fingerprint density at radius 2 is 2.22 bits per heavy atom. The van der Waals surface area contributed by atoms with Crippen LogP contribution in [0.4, 0.5) is 0 Å². The number of aromatic hydroxyl groups is 1. The van der Waals surface area contributed by atoms with E-state index in [9.17, 15) is 9.90 Å². The molecule has 1 N–H and O–H groups in total. The van der Waals surface area contributed by atoms with E-state index in [1.807, 2.05) is 12.1 Å². The lowest BCUT2D eigenvalue weighted by Gasteiger charge is -2.02. The SMILES string of the molecule is O=C[C@H]1CSC(c2ccc3cc(O)ccc3n2)=N1. The molecule has 5 heteroatoms. The predicted molar refractivity (Wildman–Crippen MR) is 72.3 cm³/mol. The third-order valence-electron chi connectivity index (χ3n) is 2.72. The summed E-state index contributed by atoms with van der Waals surface area (Å²) in [5, 5.41) is 11.1. The molecular formula is C13H10N2O2S. The molecule has 0 spiro atoms. The van der Waals surface area contributed by atoms with E-state index in [4.69, 9.17) is 0 Å². The highest BCUT2D eigenvalue weighted by Crippen LogP contribution is 2.24. The first-order valence-electron chi connectivity index (χ1n) is 5.52. The molecular weight excluding hydrogens is 248 g/mol. The third kappa shape index (κ3) is 1.97. The van der Waals surface area contributed by atoms with Crippen molar-refractivity contribution in [3.63, 3.8) is 0 Å². The molecule has 90 valence electrons. The number of aldehydes is 1. The number of pyridine rings is 1. The van der Waals surface area contributed by atoms with Crippen LogP contribution in [-0.4, -0.2) is 33.2 Å². The fourth-order valence-electron chi connectivity index (χ4n) is 1.83. The quantitative estimate of drug-likeness (QED) is 0.837. The molecule has 1 aliphatic rings. The molecule has 3 rings (SSSR count). The summed E-state index contributed by atoms with van der Waals surface area (Å²) < 4.78 is 0. The van der Waals surface area contributed by atoms with Crippen molar-refractivity contribution in [2.45, 2.75) is 6.04 Å². The van der Waals surface area contributed by atoms with Gasteiger partial charge in [0, 0.05) is 11.1 Å². The van der Waals surface area contributed by atoms with Crippen molar-refractivity contribution in [3.8, 4) is 5.75 Å². The molecule has 0 unspecified atom stereocenters. The highest BCUT2D eigenvalue weighted by atomic mass is 32.2. The van der Waals surface area contributed by atoms with Crippen LogP contribution in [0.5, 0.6) is 5.75 Å². The van der Waals surface area contributed by atoms with Gasteiger partial charge in [-0.1, -0.05) is 6.07 Å². The number of phenols is 1. The molecule has 4 nitrogen and oxygen atoms in total. The lowest BCUT2D eigenvalue weighted by atomic mass is 10.2. The summed E-state index contributed by atoms with van der Waals surface area (Å²) in [5.74, 6) is 0.916. The molecule has 18 heavy (non-hydrogen) atoms. The van der Waals surface area contributed by atoms with Crippen molar-refractivity contribution >= 4 is 34.0 Å².